The number of hydrogen-bond acceptors (Lipinski definition) is 4. The molecule has 0 saturated heterocycles. The molecule has 3 rings (SSSR count). The van der Waals surface area contributed by atoms with Gasteiger partial charge in [-0.3, -0.25) is 0 Å². The van der Waals surface area contributed by atoms with Gasteiger partial charge in [-0.15, -0.1) is 0 Å². The fourth-order valence-electron chi connectivity index (χ4n) is 2.46. The standard InChI is InChI=1S/C13H14N4S/c14-12-15-11(16-13(18)17-12)7-8-4-5-9-2-1-3-10(9)6-8/h4-6H,1-3,7H2,(H3,14,15,16,17,18). The van der Waals surface area contributed by atoms with Crippen LogP contribution in [0.3, 0.4) is 0 Å². The number of aromatic amines is 1. The summed E-state index contributed by atoms with van der Waals surface area (Å²) < 4.78 is 0.294. The Morgan fingerprint density at radius 1 is 1.22 bits per heavy atom. The van der Waals surface area contributed by atoms with Crippen molar-refractivity contribution in [3.05, 3.63) is 45.5 Å². The van der Waals surface area contributed by atoms with E-state index in [0.29, 0.717) is 17.1 Å². The predicted octanol–water partition coefficient (Wildman–Crippen LogP) is 2.20. The SMILES string of the molecule is Nc1nc(=S)nc(Cc2ccc3c(c2)CCC3)[nH]1. The van der Waals surface area contributed by atoms with Crippen LogP contribution in [-0.2, 0) is 19.3 Å². The second kappa shape index (κ2) is 4.49. The van der Waals surface area contributed by atoms with Crippen molar-refractivity contribution in [3.63, 3.8) is 0 Å². The van der Waals surface area contributed by atoms with Crippen molar-refractivity contribution in [1.82, 2.24) is 15.0 Å². The normalized spacial score (nSPS) is 13.6. The van der Waals surface area contributed by atoms with Gasteiger partial charge in [0.25, 0.3) is 0 Å². The average molecular weight is 258 g/mol. The van der Waals surface area contributed by atoms with Crippen LogP contribution >= 0.6 is 12.2 Å². The van der Waals surface area contributed by atoms with Gasteiger partial charge in [0, 0.05) is 6.42 Å². The first-order valence-electron chi connectivity index (χ1n) is 6.04. The van der Waals surface area contributed by atoms with Gasteiger partial charge >= 0.3 is 0 Å². The molecule has 1 aliphatic carbocycles. The van der Waals surface area contributed by atoms with Gasteiger partial charge in [-0.05, 0) is 48.2 Å². The average Bonchev–Trinajstić information content (AvgIpc) is 2.74. The van der Waals surface area contributed by atoms with Crippen molar-refractivity contribution in [3.8, 4) is 0 Å². The summed E-state index contributed by atoms with van der Waals surface area (Å²) in [5, 5.41) is 0. The van der Waals surface area contributed by atoms with Crippen molar-refractivity contribution >= 4 is 18.2 Å². The third kappa shape index (κ3) is 2.26. The maximum absolute atomic E-state index is 5.63. The number of anilines is 1. The molecule has 2 aromatic rings. The molecule has 1 aliphatic rings. The van der Waals surface area contributed by atoms with Gasteiger partial charge < -0.3 is 10.7 Å². The number of nitrogens with zero attached hydrogens (tertiary/aromatic N) is 2. The monoisotopic (exact) mass is 258 g/mol. The summed E-state index contributed by atoms with van der Waals surface area (Å²) in [6.07, 6.45) is 4.37. The maximum atomic E-state index is 5.63. The Kier molecular flexibility index (Phi) is 2.83. The fourth-order valence-corrected chi connectivity index (χ4v) is 2.67. The minimum absolute atomic E-state index is 0.294. The predicted molar refractivity (Wildman–Crippen MR) is 72.9 cm³/mol. The highest BCUT2D eigenvalue weighted by Crippen LogP contribution is 2.23. The lowest BCUT2D eigenvalue weighted by Crippen LogP contribution is -2.04. The molecule has 0 bridgehead atoms. The summed E-state index contributed by atoms with van der Waals surface area (Å²) in [4.78, 5) is 11.0. The molecule has 0 aliphatic heterocycles. The molecule has 5 heteroatoms. The minimum atomic E-state index is 0.294. The molecule has 92 valence electrons. The molecule has 0 unspecified atom stereocenters. The summed E-state index contributed by atoms with van der Waals surface area (Å²) >= 11 is 4.96. The summed E-state index contributed by atoms with van der Waals surface area (Å²) in [7, 11) is 0. The molecule has 0 atom stereocenters. The Morgan fingerprint density at radius 3 is 2.89 bits per heavy atom. The zero-order valence-corrected chi connectivity index (χ0v) is 10.8. The van der Waals surface area contributed by atoms with Gasteiger partial charge in [0.15, 0.2) is 0 Å². The van der Waals surface area contributed by atoms with Crippen molar-refractivity contribution in [2.45, 2.75) is 25.7 Å². The topological polar surface area (TPSA) is 67.6 Å². The van der Waals surface area contributed by atoms with Crippen LogP contribution < -0.4 is 5.73 Å². The van der Waals surface area contributed by atoms with Gasteiger partial charge in [-0.25, -0.2) is 4.98 Å². The van der Waals surface area contributed by atoms with Crippen molar-refractivity contribution in [2.75, 3.05) is 5.73 Å². The van der Waals surface area contributed by atoms with E-state index in [1.54, 1.807) is 0 Å². The first kappa shape index (κ1) is 11.3. The van der Waals surface area contributed by atoms with Gasteiger partial charge in [0.2, 0.25) is 10.7 Å². The molecule has 0 spiro atoms. The minimum Gasteiger partial charge on any atom is -0.369 e. The third-order valence-corrected chi connectivity index (χ3v) is 3.44. The second-order valence-corrected chi connectivity index (χ2v) is 4.96. The molecule has 0 saturated carbocycles. The number of nitrogens with one attached hydrogen (secondary N) is 1. The number of benzene rings is 1. The number of aryl methyl sites for hydroxylation is 2. The van der Waals surface area contributed by atoms with Crippen LogP contribution in [0.2, 0.25) is 0 Å². The molecule has 18 heavy (non-hydrogen) atoms. The highest BCUT2D eigenvalue weighted by Gasteiger charge is 2.11. The summed E-state index contributed by atoms with van der Waals surface area (Å²) in [5.74, 6) is 1.09. The van der Waals surface area contributed by atoms with Crippen molar-refractivity contribution in [1.29, 1.82) is 0 Å². The quantitative estimate of drug-likeness (QED) is 0.810. The van der Waals surface area contributed by atoms with Crippen molar-refractivity contribution < 1.29 is 0 Å². The molecule has 3 N–H and O–H groups in total. The molecule has 1 aromatic heterocycles. The molecule has 0 radical (unpaired) electrons. The summed E-state index contributed by atoms with van der Waals surface area (Å²) in [5.41, 5.74) is 9.81. The zero-order chi connectivity index (χ0) is 12.5. The molecule has 0 fully saturated rings. The first-order chi connectivity index (χ1) is 8.70. The maximum Gasteiger partial charge on any atom is 0.224 e. The van der Waals surface area contributed by atoms with E-state index in [2.05, 4.69) is 33.2 Å². The Balaban J connectivity index is 1.90. The number of nitrogen functional groups attached to an aromatic ring is 1. The fraction of sp³-hybridized carbons (Fsp3) is 0.308. The van der Waals surface area contributed by atoms with Gasteiger partial charge in [0.05, 0.1) is 0 Å². The van der Waals surface area contributed by atoms with E-state index in [-0.39, 0.29) is 0 Å². The number of rotatable bonds is 2. The van der Waals surface area contributed by atoms with E-state index in [1.807, 2.05) is 0 Å². The number of fused-ring (bicyclic) bond motifs is 1. The Morgan fingerprint density at radius 2 is 2.06 bits per heavy atom. The molecule has 4 nitrogen and oxygen atoms in total. The lowest BCUT2D eigenvalue weighted by Gasteiger charge is -2.05. The highest BCUT2D eigenvalue weighted by molar-refractivity contribution is 7.71. The van der Waals surface area contributed by atoms with Crippen LogP contribution in [0.5, 0.6) is 0 Å². The number of H-pyrrole nitrogens is 1. The highest BCUT2D eigenvalue weighted by atomic mass is 32.1. The Bertz CT molecular complexity index is 648. The largest absolute Gasteiger partial charge is 0.369 e. The number of aromatic nitrogens is 3. The van der Waals surface area contributed by atoms with E-state index in [9.17, 15) is 0 Å². The van der Waals surface area contributed by atoms with E-state index in [1.165, 1.54) is 36.0 Å². The van der Waals surface area contributed by atoms with Gasteiger partial charge in [0.1, 0.15) is 5.82 Å². The van der Waals surface area contributed by atoms with Gasteiger partial charge in [-0.1, -0.05) is 18.2 Å². The van der Waals surface area contributed by atoms with Crippen molar-refractivity contribution in [2.24, 2.45) is 0 Å². The number of hydrogen-bond donors (Lipinski definition) is 2. The van der Waals surface area contributed by atoms with Gasteiger partial charge in [-0.2, -0.15) is 4.98 Å². The van der Waals surface area contributed by atoms with E-state index < -0.39 is 0 Å². The van der Waals surface area contributed by atoms with Crippen LogP contribution in [-0.4, -0.2) is 15.0 Å². The lowest BCUT2D eigenvalue weighted by molar-refractivity contribution is 0.908. The van der Waals surface area contributed by atoms with Crippen LogP contribution in [0.15, 0.2) is 18.2 Å². The summed E-state index contributed by atoms with van der Waals surface area (Å²) in [6.45, 7) is 0. The number of nitrogens with two attached hydrogens (primary N) is 1. The summed E-state index contributed by atoms with van der Waals surface area (Å²) in [6, 6.07) is 6.63. The molecule has 0 amide bonds. The molecule has 1 aromatic carbocycles. The lowest BCUT2D eigenvalue weighted by atomic mass is 10.0. The molecule has 1 heterocycles. The van der Waals surface area contributed by atoms with Crippen LogP contribution in [0, 0.1) is 4.77 Å². The smallest absolute Gasteiger partial charge is 0.224 e. The second-order valence-electron chi connectivity index (χ2n) is 4.60. The van der Waals surface area contributed by atoms with Crippen LogP contribution in [0.4, 0.5) is 5.95 Å². The van der Waals surface area contributed by atoms with E-state index in [0.717, 1.165) is 5.82 Å². The Hall–Kier alpha value is -1.75. The first-order valence-corrected chi connectivity index (χ1v) is 6.45. The Labute approximate surface area is 110 Å². The van der Waals surface area contributed by atoms with E-state index in [4.69, 9.17) is 18.0 Å². The molecular weight excluding hydrogens is 244 g/mol. The third-order valence-electron chi connectivity index (χ3n) is 3.25. The van der Waals surface area contributed by atoms with Crippen LogP contribution in [0.1, 0.15) is 28.9 Å². The molecular formula is C13H14N4S. The zero-order valence-electron chi connectivity index (χ0n) is 9.94. The van der Waals surface area contributed by atoms with E-state index >= 15 is 0 Å². The van der Waals surface area contributed by atoms with Crippen LogP contribution in [0.25, 0.3) is 0 Å².